The summed E-state index contributed by atoms with van der Waals surface area (Å²) in [6, 6.07) is 7.18. The van der Waals surface area contributed by atoms with Gasteiger partial charge in [-0.05, 0) is 37.7 Å². The van der Waals surface area contributed by atoms with Crippen LogP contribution in [0, 0.1) is 11.7 Å². The number of hydrogen-bond donors (Lipinski definition) is 1. The maximum absolute atomic E-state index is 13.8. The lowest BCUT2D eigenvalue weighted by Crippen LogP contribution is -2.36. The predicted octanol–water partition coefficient (Wildman–Crippen LogP) is 2.83. The highest BCUT2D eigenvalue weighted by Gasteiger charge is 2.35. The minimum Gasteiger partial charge on any atom is -0.335 e. The van der Waals surface area contributed by atoms with Crippen LogP contribution in [0.3, 0.4) is 0 Å². The Bertz CT molecular complexity index is 515. The first-order chi connectivity index (χ1) is 10.1. The average Bonchev–Trinajstić information content (AvgIpc) is 3.23. The van der Waals surface area contributed by atoms with Crippen molar-refractivity contribution in [2.24, 2.45) is 11.7 Å². The lowest BCUT2D eigenvalue weighted by molar-refractivity contribution is -0.133. The van der Waals surface area contributed by atoms with E-state index in [2.05, 4.69) is 0 Å². The third kappa shape index (κ3) is 3.43. The van der Waals surface area contributed by atoms with Gasteiger partial charge in [-0.3, -0.25) is 4.79 Å². The van der Waals surface area contributed by atoms with Crippen molar-refractivity contribution < 1.29 is 9.18 Å². The number of benzene rings is 1. The summed E-state index contributed by atoms with van der Waals surface area (Å²) in [5, 5.41) is 0. The van der Waals surface area contributed by atoms with Gasteiger partial charge in [-0.1, -0.05) is 24.6 Å². The van der Waals surface area contributed by atoms with Gasteiger partial charge in [0.1, 0.15) is 5.82 Å². The topological polar surface area (TPSA) is 46.3 Å². The first-order valence-electron chi connectivity index (χ1n) is 7.93. The van der Waals surface area contributed by atoms with Gasteiger partial charge in [0.2, 0.25) is 5.91 Å². The summed E-state index contributed by atoms with van der Waals surface area (Å²) in [5.74, 6) is 0.219. The standard InChI is InChI=1S/C17H23FN2O/c18-15-6-2-1-4-13(15)11-20(14-8-9-14)17(21)10-12-5-3-7-16(12)19/h1-2,4,6,12,14,16H,3,5,7-11,19H2/t12-,16+/m0/s1. The number of carbonyl (C=O) groups is 1. The average molecular weight is 290 g/mol. The summed E-state index contributed by atoms with van der Waals surface area (Å²) in [5.41, 5.74) is 6.67. The van der Waals surface area contributed by atoms with Gasteiger partial charge in [0.25, 0.3) is 0 Å². The fraction of sp³-hybridized carbons (Fsp3) is 0.588. The Hall–Kier alpha value is -1.42. The van der Waals surface area contributed by atoms with Crippen molar-refractivity contribution in [2.75, 3.05) is 0 Å². The summed E-state index contributed by atoms with van der Waals surface area (Å²) < 4.78 is 13.8. The molecule has 0 aromatic heterocycles. The number of hydrogen-bond acceptors (Lipinski definition) is 2. The molecule has 2 aliphatic carbocycles. The molecule has 2 N–H and O–H groups in total. The third-order valence-corrected chi connectivity index (χ3v) is 4.76. The summed E-state index contributed by atoms with van der Waals surface area (Å²) in [4.78, 5) is 14.5. The molecule has 3 nitrogen and oxygen atoms in total. The van der Waals surface area contributed by atoms with Crippen LogP contribution in [0.1, 0.15) is 44.1 Å². The van der Waals surface area contributed by atoms with Gasteiger partial charge < -0.3 is 10.6 Å². The van der Waals surface area contributed by atoms with E-state index >= 15 is 0 Å². The number of carbonyl (C=O) groups excluding carboxylic acids is 1. The van der Waals surface area contributed by atoms with Gasteiger partial charge >= 0.3 is 0 Å². The highest BCUT2D eigenvalue weighted by Crippen LogP contribution is 2.32. The summed E-state index contributed by atoms with van der Waals surface area (Å²) in [7, 11) is 0. The molecular weight excluding hydrogens is 267 g/mol. The Kier molecular flexibility index (Phi) is 4.24. The van der Waals surface area contributed by atoms with Crippen molar-refractivity contribution in [3.05, 3.63) is 35.6 Å². The molecule has 0 spiro atoms. The monoisotopic (exact) mass is 290 g/mol. The third-order valence-electron chi connectivity index (χ3n) is 4.76. The molecule has 0 radical (unpaired) electrons. The molecule has 1 aromatic carbocycles. The molecule has 114 valence electrons. The van der Waals surface area contributed by atoms with Crippen molar-refractivity contribution in [3.63, 3.8) is 0 Å². The Labute approximate surface area is 125 Å². The smallest absolute Gasteiger partial charge is 0.223 e. The fourth-order valence-corrected chi connectivity index (χ4v) is 3.28. The summed E-state index contributed by atoms with van der Waals surface area (Å²) in [6.07, 6.45) is 5.79. The zero-order chi connectivity index (χ0) is 14.8. The van der Waals surface area contributed by atoms with Crippen LogP contribution in [0.15, 0.2) is 24.3 Å². The molecule has 0 saturated heterocycles. The van der Waals surface area contributed by atoms with Crippen LogP contribution < -0.4 is 5.73 Å². The quantitative estimate of drug-likeness (QED) is 0.906. The first kappa shape index (κ1) is 14.5. The van der Waals surface area contributed by atoms with E-state index in [1.165, 1.54) is 6.07 Å². The van der Waals surface area contributed by atoms with E-state index in [1.807, 2.05) is 11.0 Å². The Morgan fingerprint density at radius 1 is 1.24 bits per heavy atom. The van der Waals surface area contributed by atoms with E-state index in [-0.39, 0.29) is 17.8 Å². The molecule has 1 amide bonds. The maximum atomic E-state index is 13.8. The van der Waals surface area contributed by atoms with Gasteiger partial charge in [0, 0.05) is 30.6 Å². The highest BCUT2D eigenvalue weighted by atomic mass is 19.1. The fourth-order valence-electron chi connectivity index (χ4n) is 3.28. The van der Waals surface area contributed by atoms with Gasteiger partial charge in [-0.15, -0.1) is 0 Å². The van der Waals surface area contributed by atoms with Crippen molar-refractivity contribution in [1.29, 1.82) is 0 Å². The molecule has 21 heavy (non-hydrogen) atoms. The van der Waals surface area contributed by atoms with Crippen LogP contribution in [-0.4, -0.2) is 22.9 Å². The van der Waals surface area contributed by atoms with E-state index in [9.17, 15) is 9.18 Å². The molecule has 1 aromatic rings. The van der Waals surface area contributed by atoms with Crippen molar-refractivity contribution in [2.45, 2.75) is 57.2 Å². The molecule has 0 bridgehead atoms. The van der Waals surface area contributed by atoms with Crippen molar-refractivity contribution in [3.8, 4) is 0 Å². The zero-order valence-electron chi connectivity index (χ0n) is 12.3. The Morgan fingerprint density at radius 2 is 2.00 bits per heavy atom. The largest absolute Gasteiger partial charge is 0.335 e. The summed E-state index contributed by atoms with van der Waals surface area (Å²) >= 11 is 0. The number of nitrogens with two attached hydrogens (primary N) is 1. The molecule has 0 aliphatic heterocycles. The van der Waals surface area contributed by atoms with Crippen LogP contribution in [0.5, 0.6) is 0 Å². The molecule has 3 rings (SSSR count). The molecule has 2 saturated carbocycles. The molecule has 2 fully saturated rings. The molecular formula is C17H23FN2O. The van der Waals surface area contributed by atoms with Crippen LogP contribution >= 0.6 is 0 Å². The van der Waals surface area contributed by atoms with E-state index in [0.29, 0.717) is 30.5 Å². The van der Waals surface area contributed by atoms with Gasteiger partial charge in [0.15, 0.2) is 0 Å². The second-order valence-electron chi connectivity index (χ2n) is 6.40. The molecule has 2 atom stereocenters. The number of rotatable bonds is 5. The first-order valence-corrected chi connectivity index (χ1v) is 7.93. The summed E-state index contributed by atoms with van der Waals surface area (Å²) in [6.45, 7) is 0.387. The normalized spacial score (nSPS) is 25.0. The predicted molar refractivity (Wildman–Crippen MR) is 79.9 cm³/mol. The van der Waals surface area contributed by atoms with E-state index in [1.54, 1.807) is 12.1 Å². The van der Waals surface area contributed by atoms with Gasteiger partial charge in [-0.2, -0.15) is 0 Å². The lowest BCUT2D eigenvalue weighted by atomic mass is 9.99. The van der Waals surface area contributed by atoms with Crippen LogP contribution in [-0.2, 0) is 11.3 Å². The van der Waals surface area contributed by atoms with Crippen LogP contribution in [0.2, 0.25) is 0 Å². The number of halogens is 1. The van der Waals surface area contributed by atoms with Crippen LogP contribution in [0.25, 0.3) is 0 Å². The lowest BCUT2D eigenvalue weighted by Gasteiger charge is -2.25. The molecule has 2 aliphatic rings. The molecule has 0 unspecified atom stereocenters. The Balaban J connectivity index is 1.67. The van der Waals surface area contributed by atoms with E-state index < -0.39 is 0 Å². The Morgan fingerprint density at radius 3 is 2.62 bits per heavy atom. The van der Waals surface area contributed by atoms with Gasteiger partial charge in [-0.25, -0.2) is 4.39 Å². The van der Waals surface area contributed by atoms with Crippen molar-refractivity contribution >= 4 is 5.91 Å². The SMILES string of the molecule is N[C@@H]1CCC[C@H]1CC(=O)N(Cc1ccccc1F)C1CC1. The van der Waals surface area contributed by atoms with Gasteiger partial charge in [0.05, 0.1) is 0 Å². The minimum atomic E-state index is -0.228. The van der Waals surface area contributed by atoms with Crippen LogP contribution in [0.4, 0.5) is 4.39 Å². The highest BCUT2D eigenvalue weighted by molar-refractivity contribution is 5.77. The zero-order valence-corrected chi connectivity index (χ0v) is 12.3. The minimum absolute atomic E-state index is 0.142. The van der Waals surface area contributed by atoms with E-state index in [4.69, 9.17) is 5.73 Å². The molecule has 4 heteroatoms. The second-order valence-corrected chi connectivity index (χ2v) is 6.40. The number of amides is 1. The van der Waals surface area contributed by atoms with E-state index in [0.717, 1.165) is 32.1 Å². The van der Waals surface area contributed by atoms with Crippen molar-refractivity contribution in [1.82, 2.24) is 4.90 Å². The number of nitrogens with zero attached hydrogens (tertiary/aromatic N) is 1. The molecule has 0 heterocycles. The second kappa shape index (κ2) is 6.14. The maximum Gasteiger partial charge on any atom is 0.223 e.